The highest BCUT2D eigenvalue weighted by atomic mass is 16.5. The molecule has 0 saturated heterocycles. The van der Waals surface area contributed by atoms with Crippen LogP contribution < -0.4 is 15.8 Å². The number of nitrogens with two attached hydrogens (primary N) is 1. The second-order valence-corrected chi connectivity index (χ2v) is 5.47. The molecule has 102 valence electrons. The molecule has 0 spiro atoms. The lowest BCUT2D eigenvalue weighted by atomic mass is 9.89. The molecule has 3 nitrogen and oxygen atoms in total. The van der Waals surface area contributed by atoms with Crippen LogP contribution in [-0.4, -0.2) is 19.7 Å². The van der Waals surface area contributed by atoms with Crippen LogP contribution >= 0.6 is 0 Å². The minimum absolute atomic E-state index is 0.223. The fraction of sp³-hybridized carbons (Fsp3) is 0.600. The maximum Gasteiger partial charge on any atom is 0.122 e. The van der Waals surface area contributed by atoms with Crippen molar-refractivity contribution in [3.05, 3.63) is 23.8 Å². The molecular weight excluding hydrogens is 224 g/mol. The van der Waals surface area contributed by atoms with Crippen molar-refractivity contribution in [2.75, 3.05) is 25.0 Å². The monoisotopic (exact) mass is 250 g/mol. The minimum atomic E-state index is 0.223. The van der Waals surface area contributed by atoms with Crippen LogP contribution in [0.15, 0.2) is 18.2 Å². The van der Waals surface area contributed by atoms with Crippen molar-refractivity contribution >= 4 is 5.69 Å². The van der Waals surface area contributed by atoms with Crippen LogP contribution in [0.1, 0.15) is 32.8 Å². The van der Waals surface area contributed by atoms with Gasteiger partial charge in [-0.2, -0.15) is 0 Å². The Morgan fingerprint density at radius 1 is 1.33 bits per heavy atom. The van der Waals surface area contributed by atoms with Gasteiger partial charge in [-0.1, -0.05) is 13.8 Å². The molecule has 0 aliphatic carbocycles. The first-order valence-electron chi connectivity index (χ1n) is 6.66. The molecular formula is C15H26N2O. The Morgan fingerprint density at radius 3 is 2.61 bits per heavy atom. The van der Waals surface area contributed by atoms with Crippen LogP contribution in [0.25, 0.3) is 0 Å². The van der Waals surface area contributed by atoms with E-state index in [2.05, 4.69) is 38.2 Å². The smallest absolute Gasteiger partial charge is 0.122 e. The summed E-state index contributed by atoms with van der Waals surface area (Å²) in [5.41, 5.74) is 8.15. The van der Waals surface area contributed by atoms with Gasteiger partial charge in [-0.3, -0.25) is 0 Å². The summed E-state index contributed by atoms with van der Waals surface area (Å²) in [6.45, 7) is 10.9. The third-order valence-corrected chi connectivity index (χ3v) is 3.07. The van der Waals surface area contributed by atoms with Crippen LogP contribution in [0.5, 0.6) is 5.75 Å². The summed E-state index contributed by atoms with van der Waals surface area (Å²) < 4.78 is 5.53. The Kier molecular flexibility index (Phi) is 5.48. The predicted molar refractivity (Wildman–Crippen MR) is 78.3 cm³/mol. The predicted octanol–water partition coefficient (Wildman–Crippen LogP) is 3.18. The molecule has 0 fully saturated rings. The van der Waals surface area contributed by atoms with E-state index in [-0.39, 0.29) is 5.41 Å². The van der Waals surface area contributed by atoms with E-state index < -0.39 is 0 Å². The topological polar surface area (TPSA) is 47.3 Å². The van der Waals surface area contributed by atoms with Gasteiger partial charge in [-0.25, -0.2) is 0 Å². The van der Waals surface area contributed by atoms with Crippen LogP contribution in [0, 0.1) is 12.3 Å². The van der Waals surface area contributed by atoms with E-state index in [1.807, 2.05) is 13.0 Å². The molecule has 0 unspecified atom stereocenters. The van der Waals surface area contributed by atoms with Gasteiger partial charge in [0.1, 0.15) is 5.75 Å². The van der Waals surface area contributed by atoms with Gasteiger partial charge >= 0.3 is 0 Å². The zero-order valence-electron chi connectivity index (χ0n) is 12.0. The van der Waals surface area contributed by atoms with E-state index in [1.165, 1.54) is 5.56 Å². The Balaban J connectivity index is 2.61. The third kappa shape index (κ3) is 4.57. The average molecular weight is 250 g/mol. The number of ether oxygens (including phenoxy) is 1. The second-order valence-electron chi connectivity index (χ2n) is 5.47. The highest BCUT2D eigenvalue weighted by Crippen LogP contribution is 2.24. The number of benzene rings is 1. The number of aryl methyl sites for hydroxylation is 1. The lowest BCUT2D eigenvalue weighted by molar-refractivity contribution is 0.338. The van der Waals surface area contributed by atoms with Crippen LogP contribution in [0.4, 0.5) is 5.69 Å². The summed E-state index contributed by atoms with van der Waals surface area (Å²) in [6, 6.07) is 6.22. The maximum absolute atomic E-state index is 5.62. The van der Waals surface area contributed by atoms with Gasteiger partial charge in [-0.05, 0) is 56.0 Å². The lowest BCUT2D eigenvalue weighted by Crippen LogP contribution is -2.26. The van der Waals surface area contributed by atoms with Gasteiger partial charge in [-0.15, -0.1) is 0 Å². The fourth-order valence-corrected chi connectivity index (χ4v) is 1.90. The van der Waals surface area contributed by atoms with Crippen molar-refractivity contribution in [2.45, 2.75) is 34.1 Å². The molecule has 0 radical (unpaired) electrons. The first kappa shape index (κ1) is 14.8. The number of nitrogens with one attached hydrogen (secondary N) is 1. The van der Waals surface area contributed by atoms with E-state index in [9.17, 15) is 0 Å². The molecule has 3 heteroatoms. The van der Waals surface area contributed by atoms with Crippen molar-refractivity contribution in [3.8, 4) is 5.75 Å². The summed E-state index contributed by atoms with van der Waals surface area (Å²) in [5.74, 6) is 0.962. The molecule has 0 amide bonds. The van der Waals surface area contributed by atoms with Crippen molar-refractivity contribution in [3.63, 3.8) is 0 Å². The summed E-state index contributed by atoms with van der Waals surface area (Å²) in [7, 11) is 0. The standard InChI is InChI=1S/C15H26N2O/c1-5-18-14-7-6-13(10-12(14)2)17-11-15(3,4)8-9-16/h6-7,10,17H,5,8-9,11,16H2,1-4H3. The molecule has 0 saturated carbocycles. The SMILES string of the molecule is CCOc1ccc(NCC(C)(C)CCN)cc1C. The van der Waals surface area contributed by atoms with Crippen LogP contribution in [0.2, 0.25) is 0 Å². The summed E-state index contributed by atoms with van der Waals surface area (Å²) >= 11 is 0. The van der Waals surface area contributed by atoms with E-state index in [0.29, 0.717) is 6.61 Å². The van der Waals surface area contributed by atoms with E-state index in [0.717, 1.165) is 30.9 Å². The van der Waals surface area contributed by atoms with E-state index in [4.69, 9.17) is 10.5 Å². The normalized spacial score (nSPS) is 11.4. The first-order chi connectivity index (χ1) is 8.48. The molecule has 0 heterocycles. The average Bonchev–Trinajstić information content (AvgIpc) is 2.30. The van der Waals surface area contributed by atoms with Gasteiger partial charge in [0.2, 0.25) is 0 Å². The largest absolute Gasteiger partial charge is 0.494 e. The Hall–Kier alpha value is -1.22. The molecule has 0 aliphatic heterocycles. The van der Waals surface area contributed by atoms with Gasteiger partial charge < -0.3 is 15.8 Å². The molecule has 1 rings (SSSR count). The van der Waals surface area contributed by atoms with Crippen LogP contribution in [-0.2, 0) is 0 Å². The number of hydrogen-bond acceptors (Lipinski definition) is 3. The molecule has 0 atom stereocenters. The van der Waals surface area contributed by atoms with E-state index in [1.54, 1.807) is 0 Å². The van der Waals surface area contributed by atoms with Gasteiger partial charge in [0.25, 0.3) is 0 Å². The van der Waals surface area contributed by atoms with E-state index >= 15 is 0 Å². The van der Waals surface area contributed by atoms with Crippen LogP contribution in [0.3, 0.4) is 0 Å². The van der Waals surface area contributed by atoms with Crippen molar-refractivity contribution in [2.24, 2.45) is 11.1 Å². The number of anilines is 1. The zero-order chi connectivity index (χ0) is 13.6. The summed E-state index contributed by atoms with van der Waals surface area (Å²) in [4.78, 5) is 0. The Bertz CT molecular complexity index is 375. The van der Waals surface area contributed by atoms with Crippen molar-refractivity contribution in [1.29, 1.82) is 0 Å². The minimum Gasteiger partial charge on any atom is -0.494 e. The highest BCUT2D eigenvalue weighted by molar-refractivity contribution is 5.50. The second kappa shape index (κ2) is 6.64. The summed E-state index contributed by atoms with van der Waals surface area (Å²) in [6.07, 6.45) is 1.02. The first-order valence-corrected chi connectivity index (χ1v) is 6.66. The highest BCUT2D eigenvalue weighted by Gasteiger charge is 2.16. The number of hydrogen-bond donors (Lipinski definition) is 2. The maximum atomic E-state index is 5.62. The fourth-order valence-electron chi connectivity index (χ4n) is 1.90. The molecule has 0 aromatic heterocycles. The molecule has 18 heavy (non-hydrogen) atoms. The molecule has 3 N–H and O–H groups in total. The molecule has 1 aromatic rings. The van der Waals surface area contributed by atoms with Gasteiger partial charge in [0.05, 0.1) is 6.61 Å². The molecule has 0 aliphatic rings. The molecule has 1 aromatic carbocycles. The molecule has 0 bridgehead atoms. The van der Waals surface area contributed by atoms with Crippen molar-refractivity contribution < 1.29 is 4.74 Å². The Morgan fingerprint density at radius 2 is 2.06 bits per heavy atom. The van der Waals surface area contributed by atoms with Crippen molar-refractivity contribution in [1.82, 2.24) is 0 Å². The third-order valence-electron chi connectivity index (χ3n) is 3.07. The zero-order valence-corrected chi connectivity index (χ0v) is 12.0. The lowest BCUT2D eigenvalue weighted by Gasteiger charge is -2.25. The number of rotatable bonds is 7. The quantitative estimate of drug-likeness (QED) is 0.781. The van der Waals surface area contributed by atoms with Gasteiger partial charge in [0.15, 0.2) is 0 Å². The van der Waals surface area contributed by atoms with Gasteiger partial charge in [0, 0.05) is 12.2 Å². The summed E-state index contributed by atoms with van der Waals surface area (Å²) in [5, 5.41) is 3.47. The Labute approximate surface area is 111 Å².